The van der Waals surface area contributed by atoms with E-state index in [1.807, 2.05) is 16.3 Å². The highest BCUT2D eigenvalue weighted by Gasteiger charge is 2.26. The van der Waals surface area contributed by atoms with E-state index in [-0.39, 0.29) is 11.9 Å². The van der Waals surface area contributed by atoms with Crippen molar-refractivity contribution in [3.8, 4) is 0 Å². The Balaban J connectivity index is 1.95. The average molecular weight is 282 g/mol. The number of nitrogens with two attached hydrogens (primary N) is 1. The summed E-state index contributed by atoms with van der Waals surface area (Å²) >= 11 is 1.85. The zero-order chi connectivity index (χ0) is 13.7. The molecule has 6 heteroatoms. The fourth-order valence-electron chi connectivity index (χ4n) is 2.54. The second kappa shape index (κ2) is 6.96. The Morgan fingerprint density at radius 2 is 2.37 bits per heavy atom. The van der Waals surface area contributed by atoms with E-state index in [0.29, 0.717) is 24.0 Å². The molecule has 0 saturated heterocycles. The lowest BCUT2D eigenvalue weighted by molar-refractivity contribution is 0.0924. The molecule has 0 spiro atoms. The first-order valence-corrected chi connectivity index (χ1v) is 8.09. The number of carbonyl (C=O) groups excluding carboxylic acids is 1. The fourth-order valence-corrected chi connectivity index (χ4v) is 3.47. The van der Waals surface area contributed by atoms with E-state index in [9.17, 15) is 4.79 Å². The Labute approximate surface area is 118 Å². The van der Waals surface area contributed by atoms with Crippen molar-refractivity contribution in [2.75, 3.05) is 12.8 Å². The summed E-state index contributed by atoms with van der Waals surface area (Å²) in [5.74, 6) is -0.0679. The summed E-state index contributed by atoms with van der Waals surface area (Å²) in [7, 11) is 0. The van der Waals surface area contributed by atoms with Crippen LogP contribution in [0.4, 0.5) is 0 Å². The molecule has 3 N–H and O–H groups in total. The molecule has 1 aromatic heterocycles. The van der Waals surface area contributed by atoms with Crippen LogP contribution >= 0.6 is 11.8 Å². The van der Waals surface area contributed by atoms with Crippen molar-refractivity contribution in [2.45, 2.75) is 43.5 Å². The van der Waals surface area contributed by atoms with Crippen LogP contribution in [-0.2, 0) is 6.54 Å². The molecule has 2 rings (SSSR count). The van der Waals surface area contributed by atoms with E-state index in [1.54, 1.807) is 12.5 Å². The van der Waals surface area contributed by atoms with E-state index in [1.165, 1.54) is 19.3 Å². The Morgan fingerprint density at radius 3 is 3.11 bits per heavy atom. The maximum atomic E-state index is 12.2. The topological polar surface area (TPSA) is 72.9 Å². The second-order valence-electron chi connectivity index (χ2n) is 4.92. The van der Waals surface area contributed by atoms with Crippen LogP contribution in [0.25, 0.3) is 0 Å². The molecule has 0 bridgehead atoms. The molecule has 1 fully saturated rings. The number of carbonyl (C=O) groups is 1. The van der Waals surface area contributed by atoms with Crippen molar-refractivity contribution in [3.05, 3.63) is 18.2 Å². The third-order valence-electron chi connectivity index (χ3n) is 3.57. The molecule has 1 aliphatic rings. The van der Waals surface area contributed by atoms with Crippen LogP contribution in [0.5, 0.6) is 0 Å². The Kier molecular flexibility index (Phi) is 5.27. The molecule has 1 saturated carbocycles. The van der Waals surface area contributed by atoms with Gasteiger partial charge in [0.2, 0.25) is 0 Å². The number of nitrogens with one attached hydrogen (secondary N) is 1. The molecule has 0 aliphatic heterocycles. The van der Waals surface area contributed by atoms with Crippen LogP contribution in [0.3, 0.4) is 0 Å². The average Bonchev–Trinajstić information content (AvgIpc) is 2.88. The highest BCUT2D eigenvalue weighted by molar-refractivity contribution is 7.99. The highest BCUT2D eigenvalue weighted by atomic mass is 32.2. The summed E-state index contributed by atoms with van der Waals surface area (Å²) in [5, 5.41) is 3.66. The standard InChI is InChI=1S/C13H22N4OS/c1-19-12-5-3-2-4-10(12)16-13(18)11-8-17(7-6-14)9-15-11/h8-10,12H,2-7,14H2,1H3,(H,16,18). The monoisotopic (exact) mass is 282 g/mol. The van der Waals surface area contributed by atoms with Crippen molar-refractivity contribution in [3.63, 3.8) is 0 Å². The summed E-state index contributed by atoms with van der Waals surface area (Å²) in [4.78, 5) is 16.3. The molecular weight excluding hydrogens is 260 g/mol. The minimum absolute atomic E-state index is 0.0679. The maximum Gasteiger partial charge on any atom is 0.271 e. The number of nitrogens with zero attached hydrogens (tertiary/aromatic N) is 2. The third-order valence-corrected chi connectivity index (χ3v) is 4.74. The van der Waals surface area contributed by atoms with Gasteiger partial charge in [0, 0.05) is 30.6 Å². The molecule has 5 nitrogen and oxygen atoms in total. The molecule has 1 aliphatic carbocycles. The molecule has 19 heavy (non-hydrogen) atoms. The van der Waals surface area contributed by atoms with Gasteiger partial charge in [0.25, 0.3) is 5.91 Å². The van der Waals surface area contributed by atoms with Gasteiger partial charge in [0.1, 0.15) is 5.69 Å². The normalized spacial score (nSPS) is 23.3. The van der Waals surface area contributed by atoms with Gasteiger partial charge in [-0.25, -0.2) is 4.98 Å². The first-order valence-electron chi connectivity index (χ1n) is 6.80. The van der Waals surface area contributed by atoms with Crippen LogP contribution < -0.4 is 11.1 Å². The summed E-state index contributed by atoms with van der Waals surface area (Å²) < 4.78 is 1.85. The van der Waals surface area contributed by atoms with E-state index < -0.39 is 0 Å². The summed E-state index contributed by atoms with van der Waals surface area (Å²) in [6.07, 6.45) is 10.3. The molecule has 1 amide bonds. The number of amides is 1. The van der Waals surface area contributed by atoms with Gasteiger partial charge in [-0.3, -0.25) is 4.79 Å². The lowest BCUT2D eigenvalue weighted by atomic mass is 9.95. The SMILES string of the molecule is CSC1CCCCC1NC(=O)c1cn(CCN)cn1. The molecule has 106 valence electrons. The Hall–Kier alpha value is -1.01. The molecule has 1 aromatic rings. The van der Waals surface area contributed by atoms with E-state index in [0.717, 1.165) is 6.42 Å². The predicted molar refractivity (Wildman–Crippen MR) is 78.3 cm³/mol. The van der Waals surface area contributed by atoms with Crippen LogP contribution in [-0.4, -0.2) is 39.6 Å². The number of thioether (sulfide) groups is 1. The lowest BCUT2D eigenvalue weighted by Crippen LogP contribution is -2.43. The van der Waals surface area contributed by atoms with Crippen LogP contribution in [0.15, 0.2) is 12.5 Å². The van der Waals surface area contributed by atoms with Gasteiger partial charge in [-0.05, 0) is 19.1 Å². The highest BCUT2D eigenvalue weighted by Crippen LogP contribution is 2.27. The van der Waals surface area contributed by atoms with E-state index in [4.69, 9.17) is 5.73 Å². The summed E-state index contributed by atoms with van der Waals surface area (Å²) in [6, 6.07) is 0.274. The Bertz CT molecular complexity index is 421. The van der Waals surface area contributed by atoms with E-state index in [2.05, 4.69) is 16.6 Å². The number of hydrogen-bond donors (Lipinski definition) is 2. The number of rotatable bonds is 5. The van der Waals surface area contributed by atoms with Crippen molar-refractivity contribution >= 4 is 17.7 Å². The molecule has 1 heterocycles. The van der Waals surface area contributed by atoms with Gasteiger partial charge in [0.05, 0.1) is 6.33 Å². The van der Waals surface area contributed by atoms with Gasteiger partial charge >= 0.3 is 0 Å². The summed E-state index contributed by atoms with van der Waals surface area (Å²) in [5.41, 5.74) is 5.96. The zero-order valence-corrected chi connectivity index (χ0v) is 12.2. The van der Waals surface area contributed by atoms with Crippen LogP contribution in [0, 0.1) is 0 Å². The van der Waals surface area contributed by atoms with Gasteiger partial charge in [-0.15, -0.1) is 0 Å². The smallest absolute Gasteiger partial charge is 0.271 e. The molecular formula is C13H22N4OS. The largest absolute Gasteiger partial charge is 0.347 e. The first kappa shape index (κ1) is 14.4. The molecule has 2 atom stereocenters. The molecule has 0 radical (unpaired) electrons. The number of hydrogen-bond acceptors (Lipinski definition) is 4. The van der Waals surface area contributed by atoms with Crippen molar-refractivity contribution in [1.29, 1.82) is 0 Å². The minimum atomic E-state index is -0.0679. The number of aromatic nitrogens is 2. The predicted octanol–water partition coefficient (Wildman–Crippen LogP) is 1.25. The number of imidazole rings is 1. The van der Waals surface area contributed by atoms with Gasteiger partial charge in [-0.1, -0.05) is 12.8 Å². The zero-order valence-electron chi connectivity index (χ0n) is 11.3. The lowest BCUT2D eigenvalue weighted by Gasteiger charge is -2.30. The van der Waals surface area contributed by atoms with Gasteiger partial charge in [0.15, 0.2) is 0 Å². The fraction of sp³-hybridized carbons (Fsp3) is 0.692. The summed E-state index contributed by atoms with van der Waals surface area (Å²) in [6.45, 7) is 1.24. The Morgan fingerprint density at radius 1 is 1.58 bits per heavy atom. The second-order valence-corrected chi connectivity index (χ2v) is 6.00. The minimum Gasteiger partial charge on any atom is -0.347 e. The quantitative estimate of drug-likeness (QED) is 0.852. The van der Waals surface area contributed by atoms with Gasteiger partial charge < -0.3 is 15.6 Å². The first-order chi connectivity index (χ1) is 9.24. The third kappa shape index (κ3) is 3.73. The molecule has 2 unspecified atom stereocenters. The van der Waals surface area contributed by atoms with Crippen molar-refractivity contribution in [1.82, 2.24) is 14.9 Å². The maximum absolute atomic E-state index is 12.2. The van der Waals surface area contributed by atoms with Crippen molar-refractivity contribution in [2.24, 2.45) is 5.73 Å². The molecule has 0 aromatic carbocycles. The van der Waals surface area contributed by atoms with Crippen LogP contribution in [0.1, 0.15) is 36.2 Å². The van der Waals surface area contributed by atoms with Crippen LogP contribution in [0.2, 0.25) is 0 Å². The van der Waals surface area contributed by atoms with Crippen molar-refractivity contribution < 1.29 is 4.79 Å². The van der Waals surface area contributed by atoms with E-state index >= 15 is 0 Å². The van der Waals surface area contributed by atoms with Gasteiger partial charge in [-0.2, -0.15) is 11.8 Å².